The minimum Gasteiger partial charge on any atom is -0.300 e. The molecule has 150 valence electrons. The van der Waals surface area contributed by atoms with Crippen LogP contribution in [-0.2, 0) is 0 Å². The van der Waals surface area contributed by atoms with E-state index in [1.54, 1.807) is 11.8 Å². The third-order valence-corrected chi connectivity index (χ3v) is 6.64. The van der Waals surface area contributed by atoms with E-state index in [-0.39, 0.29) is 5.56 Å². The number of halogens is 1. The van der Waals surface area contributed by atoms with E-state index in [0.29, 0.717) is 4.47 Å². The molecule has 0 bridgehead atoms. The second-order valence-corrected chi connectivity index (χ2v) is 9.09. The molecule has 3 nitrogen and oxygen atoms in total. The summed E-state index contributed by atoms with van der Waals surface area (Å²) in [7, 11) is 0. The topological polar surface area (TPSA) is 45.8 Å². The van der Waals surface area contributed by atoms with Gasteiger partial charge in [0.15, 0.2) is 5.16 Å². The van der Waals surface area contributed by atoms with E-state index >= 15 is 0 Å². The smallest absolute Gasteiger partial charge is 0.266 e. The quantitative estimate of drug-likeness (QED) is 0.164. The number of unbranched alkanes of at least 4 members (excludes halogenated alkanes) is 13. The number of hydrogen-bond acceptors (Lipinski definition) is 3. The minimum absolute atomic E-state index is 0.0824. The minimum atomic E-state index is -0.0824. The second-order valence-electron chi connectivity index (χ2n) is 7.22. The van der Waals surface area contributed by atoms with Crippen LogP contribution < -0.4 is 5.56 Å². The van der Waals surface area contributed by atoms with Crippen molar-refractivity contribution in [2.75, 3.05) is 5.75 Å². The van der Waals surface area contributed by atoms with Gasteiger partial charge in [-0.3, -0.25) is 4.79 Å². The van der Waals surface area contributed by atoms with E-state index in [1.807, 2.05) is 6.92 Å². The highest BCUT2D eigenvalue weighted by molar-refractivity contribution is 9.10. The maximum absolute atomic E-state index is 11.7. The monoisotopic (exact) mass is 444 g/mol. The van der Waals surface area contributed by atoms with Gasteiger partial charge in [0.25, 0.3) is 5.56 Å². The number of aromatic nitrogens is 2. The molecule has 1 N–H and O–H groups in total. The summed E-state index contributed by atoms with van der Waals surface area (Å²) in [6, 6.07) is 0. The van der Waals surface area contributed by atoms with Crippen molar-refractivity contribution in [3.05, 3.63) is 20.5 Å². The number of nitrogens with zero attached hydrogens (tertiary/aromatic N) is 1. The Morgan fingerprint density at radius 2 is 1.31 bits per heavy atom. The molecule has 1 aromatic heterocycles. The Balaban J connectivity index is 1.87. The highest BCUT2D eigenvalue weighted by Gasteiger charge is 2.05. The predicted molar refractivity (Wildman–Crippen MR) is 118 cm³/mol. The third-order valence-electron chi connectivity index (χ3n) is 4.74. The van der Waals surface area contributed by atoms with Crippen LogP contribution in [0, 0.1) is 6.92 Å². The molecule has 0 aromatic carbocycles. The molecular formula is C21H37BrN2OS. The van der Waals surface area contributed by atoms with Crippen LogP contribution in [0.1, 0.15) is 103 Å². The Hall–Kier alpha value is -0.290. The van der Waals surface area contributed by atoms with Gasteiger partial charge in [-0.15, -0.1) is 0 Å². The fourth-order valence-electron chi connectivity index (χ4n) is 3.08. The highest BCUT2D eigenvalue weighted by atomic mass is 79.9. The fourth-order valence-corrected chi connectivity index (χ4v) is 4.18. The average molecular weight is 446 g/mol. The van der Waals surface area contributed by atoms with Gasteiger partial charge in [-0.1, -0.05) is 102 Å². The lowest BCUT2D eigenvalue weighted by Gasteiger charge is -2.04. The molecule has 0 spiro atoms. The fraction of sp³-hybridized carbons (Fsp3) is 0.810. The Kier molecular flexibility index (Phi) is 14.4. The first-order valence-corrected chi connectivity index (χ1v) is 12.3. The number of nitrogens with one attached hydrogen (secondary N) is 1. The maximum Gasteiger partial charge on any atom is 0.266 e. The molecular weight excluding hydrogens is 408 g/mol. The van der Waals surface area contributed by atoms with E-state index < -0.39 is 0 Å². The lowest BCUT2D eigenvalue weighted by atomic mass is 10.0. The number of aryl methyl sites for hydroxylation is 1. The molecule has 26 heavy (non-hydrogen) atoms. The van der Waals surface area contributed by atoms with Crippen LogP contribution in [-0.4, -0.2) is 15.7 Å². The van der Waals surface area contributed by atoms with Gasteiger partial charge in [0.1, 0.15) is 4.47 Å². The average Bonchev–Trinajstić information content (AvgIpc) is 2.62. The van der Waals surface area contributed by atoms with Crippen molar-refractivity contribution in [1.29, 1.82) is 0 Å². The van der Waals surface area contributed by atoms with Gasteiger partial charge in [-0.05, 0) is 29.3 Å². The van der Waals surface area contributed by atoms with Crippen LogP contribution >= 0.6 is 27.7 Å². The zero-order valence-corrected chi connectivity index (χ0v) is 19.2. The highest BCUT2D eigenvalue weighted by Crippen LogP contribution is 2.18. The van der Waals surface area contributed by atoms with Crippen LogP contribution in [0.5, 0.6) is 0 Å². The van der Waals surface area contributed by atoms with Crippen LogP contribution in [0.15, 0.2) is 14.4 Å². The van der Waals surface area contributed by atoms with Crippen molar-refractivity contribution in [1.82, 2.24) is 9.97 Å². The van der Waals surface area contributed by atoms with E-state index in [1.165, 1.54) is 89.9 Å². The van der Waals surface area contributed by atoms with Crippen molar-refractivity contribution in [3.63, 3.8) is 0 Å². The van der Waals surface area contributed by atoms with Crippen LogP contribution in [0.25, 0.3) is 0 Å². The summed E-state index contributed by atoms with van der Waals surface area (Å²) in [5, 5.41) is 0.741. The summed E-state index contributed by atoms with van der Waals surface area (Å²) in [5.74, 6) is 1.03. The van der Waals surface area contributed by atoms with Gasteiger partial charge in [0.05, 0.1) is 5.69 Å². The van der Waals surface area contributed by atoms with Crippen LogP contribution in [0.2, 0.25) is 0 Å². The summed E-state index contributed by atoms with van der Waals surface area (Å²) in [5.41, 5.74) is 0.679. The van der Waals surface area contributed by atoms with Gasteiger partial charge in [0, 0.05) is 5.75 Å². The number of rotatable bonds is 16. The number of aromatic amines is 1. The second kappa shape index (κ2) is 15.7. The molecule has 1 heterocycles. The summed E-state index contributed by atoms with van der Waals surface area (Å²) >= 11 is 4.90. The largest absolute Gasteiger partial charge is 0.300 e. The zero-order chi connectivity index (χ0) is 19.0. The molecule has 1 rings (SSSR count). The standard InChI is InChI=1S/C21H37BrN2OS/c1-3-4-5-6-7-8-9-10-11-12-13-14-15-16-17-26-21-23-18(2)19(22)20(25)24-21/h3-17H2,1-2H3,(H,23,24,25). The normalized spacial score (nSPS) is 11.2. The molecule has 0 amide bonds. The molecule has 0 saturated heterocycles. The molecule has 0 radical (unpaired) electrons. The third kappa shape index (κ3) is 11.4. The van der Waals surface area contributed by atoms with E-state index in [2.05, 4.69) is 32.8 Å². The van der Waals surface area contributed by atoms with E-state index in [0.717, 1.165) is 16.6 Å². The maximum atomic E-state index is 11.7. The first-order valence-electron chi connectivity index (χ1n) is 10.5. The number of hydrogen-bond donors (Lipinski definition) is 1. The number of H-pyrrole nitrogens is 1. The van der Waals surface area contributed by atoms with Gasteiger partial charge < -0.3 is 4.98 Å². The van der Waals surface area contributed by atoms with Gasteiger partial charge in [-0.25, -0.2) is 4.98 Å². The Morgan fingerprint density at radius 3 is 1.77 bits per heavy atom. The summed E-state index contributed by atoms with van der Waals surface area (Å²) < 4.78 is 0.540. The molecule has 0 aliphatic heterocycles. The summed E-state index contributed by atoms with van der Waals surface area (Å²) in [6.45, 7) is 4.14. The lowest BCUT2D eigenvalue weighted by molar-refractivity contribution is 0.538. The molecule has 0 aliphatic carbocycles. The molecule has 0 fully saturated rings. The Morgan fingerprint density at radius 1 is 0.846 bits per heavy atom. The first-order chi connectivity index (χ1) is 12.6. The predicted octanol–water partition coefficient (Wildman–Crippen LogP) is 7.41. The molecule has 0 aliphatic rings. The van der Waals surface area contributed by atoms with Crippen molar-refractivity contribution in [2.45, 2.75) is 109 Å². The van der Waals surface area contributed by atoms with Crippen molar-refractivity contribution in [3.8, 4) is 0 Å². The SMILES string of the molecule is CCCCCCCCCCCCCCCCSc1nc(C)c(Br)c(=O)[nH]1. The van der Waals surface area contributed by atoms with Crippen molar-refractivity contribution >= 4 is 27.7 Å². The van der Waals surface area contributed by atoms with Crippen LogP contribution in [0.4, 0.5) is 0 Å². The zero-order valence-electron chi connectivity index (χ0n) is 16.7. The molecule has 1 aromatic rings. The first kappa shape index (κ1) is 23.7. The van der Waals surface area contributed by atoms with Gasteiger partial charge >= 0.3 is 0 Å². The molecule has 0 atom stereocenters. The van der Waals surface area contributed by atoms with Gasteiger partial charge in [-0.2, -0.15) is 0 Å². The summed E-state index contributed by atoms with van der Waals surface area (Å²) in [6.07, 6.45) is 19.3. The lowest BCUT2D eigenvalue weighted by Crippen LogP contribution is -2.11. The van der Waals surface area contributed by atoms with Crippen LogP contribution in [0.3, 0.4) is 0 Å². The Labute approximate surface area is 172 Å². The number of thioether (sulfide) groups is 1. The van der Waals surface area contributed by atoms with E-state index in [9.17, 15) is 4.79 Å². The van der Waals surface area contributed by atoms with E-state index in [4.69, 9.17) is 0 Å². The Bertz CT molecular complexity index is 533. The molecule has 5 heteroatoms. The van der Waals surface area contributed by atoms with Gasteiger partial charge in [0.2, 0.25) is 0 Å². The molecule has 0 saturated carbocycles. The summed E-state index contributed by atoms with van der Waals surface area (Å²) in [4.78, 5) is 18.9. The van der Waals surface area contributed by atoms with Crippen molar-refractivity contribution in [2.24, 2.45) is 0 Å². The molecule has 0 unspecified atom stereocenters. The van der Waals surface area contributed by atoms with Crippen molar-refractivity contribution < 1.29 is 0 Å².